The van der Waals surface area contributed by atoms with Crippen LogP contribution in [0.15, 0.2) is 51.4 Å². The Morgan fingerprint density at radius 2 is 2.13 bits per heavy atom. The number of furan rings is 2. The highest BCUT2D eigenvalue weighted by molar-refractivity contribution is 5.18. The molecule has 1 atom stereocenters. The minimum Gasteiger partial charge on any atom is -0.472 e. The molecule has 3 heteroatoms. The van der Waals surface area contributed by atoms with E-state index in [0.717, 1.165) is 42.8 Å². The van der Waals surface area contributed by atoms with Crippen LogP contribution in [-0.4, -0.2) is 12.7 Å². The van der Waals surface area contributed by atoms with Crippen molar-refractivity contribution in [2.24, 2.45) is 5.92 Å². The molecule has 0 aliphatic carbocycles. The van der Waals surface area contributed by atoms with Crippen molar-refractivity contribution in [1.29, 1.82) is 0 Å². The van der Waals surface area contributed by atoms with Gasteiger partial charge in [-0.3, -0.25) is 0 Å². The van der Waals surface area contributed by atoms with Crippen molar-refractivity contribution in [3.05, 3.63) is 59.5 Å². The molecule has 0 N–H and O–H groups in total. The number of hydrogen-bond acceptors (Lipinski definition) is 3. The fourth-order valence-electron chi connectivity index (χ4n) is 2.50. The third-order valence-corrected chi connectivity index (χ3v) is 3.75. The monoisotopic (exact) mass is 316 g/mol. The summed E-state index contributed by atoms with van der Waals surface area (Å²) in [5.41, 5.74) is 3.59. The van der Waals surface area contributed by atoms with E-state index < -0.39 is 0 Å². The van der Waals surface area contributed by atoms with Crippen LogP contribution in [0, 0.1) is 12.8 Å². The molecule has 2 heterocycles. The minimum absolute atomic E-state index is 0.0717. The third-order valence-electron chi connectivity index (χ3n) is 3.75. The molecule has 0 saturated carbocycles. The van der Waals surface area contributed by atoms with E-state index in [2.05, 4.69) is 32.9 Å². The van der Waals surface area contributed by atoms with Gasteiger partial charge in [-0.05, 0) is 49.4 Å². The Morgan fingerprint density at radius 3 is 2.74 bits per heavy atom. The summed E-state index contributed by atoms with van der Waals surface area (Å²) in [6, 6.07) is 4.08. The van der Waals surface area contributed by atoms with Gasteiger partial charge in [0, 0.05) is 19.4 Å². The van der Waals surface area contributed by atoms with Crippen LogP contribution in [0.1, 0.15) is 44.1 Å². The maximum Gasteiger partial charge on any atom is 0.108 e. The summed E-state index contributed by atoms with van der Waals surface area (Å²) in [5.74, 6) is 1.65. The molecule has 0 saturated heterocycles. The Labute approximate surface area is 139 Å². The molecule has 0 unspecified atom stereocenters. The van der Waals surface area contributed by atoms with Crippen LogP contribution >= 0.6 is 0 Å². The number of ether oxygens (including phenoxy) is 1. The molecule has 0 amide bonds. The first kappa shape index (κ1) is 17.6. The second-order valence-corrected chi connectivity index (χ2v) is 6.71. The lowest BCUT2D eigenvalue weighted by Crippen LogP contribution is -2.16. The zero-order valence-corrected chi connectivity index (χ0v) is 14.7. The van der Waals surface area contributed by atoms with E-state index >= 15 is 0 Å². The fraction of sp³-hybridized carbons (Fsp3) is 0.500. The fourth-order valence-corrected chi connectivity index (χ4v) is 2.50. The number of allylic oxidation sites excluding steroid dienone is 1. The molecule has 0 aliphatic heterocycles. The van der Waals surface area contributed by atoms with Crippen molar-refractivity contribution < 1.29 is 13.6 Å². The van der Waals surface area contributed by atoms with E-state index in [4.69, 9.17) is 13.6 Å². The zero-order valence-electron chi connectivity index (χ0n) is 14.7. The van der Waals surface area contributed by atoms with Crippen molar-refractivity contribution in [2.75, 3.05) is 6.61 Å². The van der Waals surface area contributed by atoms with Gasteiger partial charge in [0.25, 0.3) is 0 Å². The van der Waals surface area contributed by atoms with E-state index in [9.17, 15) is 0 Å². The quantitative estimate of drug-likeness (QED) is 0.585. The molecule has 23 heavy (non-hydrogen) atoms. The smallest absolute Gasteiger partial charge is 0.108 e. The first-order valence-corrected chi connectivity index (χ1v) is 8.37. The summed E-state index contributed by atoms with van der Waals surface area (Å²) in [7, 11) is 0. The van der Waals surface area contributed by atoms with Gasteiger partial charge in [-0.1, -0.05) is 25.5 Å². The number of rotatable bonds is 9. The topological polar surface area (TPSA) is 35.5 Å². The summed E-state index contributed by atoms with van der Waals surface area (Å²) < 4.78 is 16.8. The summed E-state index contributed by atoms with van der Waals surface area (Å²) in [4.78, 5) is 0. The predicted octanol–water partition coefficient (Wildman–Crippen LogP) is 5.34. The Bertz CT molecular complexity index is 590. The van der Waals surface area contributed by atoms with Gasteiger partial charge < -0.3 is 13.6 Å². The third kappa shape index (κ3) is 6.49. The van der Waals surface area contributed by atoms with Crippen LogP contribution in [0.4, 0.5) is 0 Å². The molecule has 2 aromatic rings. The van der Waals surface area contributed by atoms with Gasteiger partial charge in [-0.25, -0.2) is 0 Å². The Hall–Kier alpha value is -1.74. The minimum atomic E-state index is 0.0717. The van der Waals surface area contributed by atoms with Crippen LogP contribution in [0.5, 0.6) is 0 Å². The van der Waals surface area contributed by atoms with E-state index in [1.165, 1.54) is 5.57 Å². The summed E-state index contributed by atoms with van der Waals surface area (Å²) in [6.07, 6.45) is 10.3. The average Bonchev–Trinajstić information content (AvgIpc) is 3.10. The van der Waals surface area contributed by atoms with Gasteiger partial charge in [0.1, 0.15) is 5.76 Å². The second-order valence-electron chi connectivity index (χ2n) is 6.71. The molecule has 126 valence electrons. The average molecular weight is 316 g/mol. The van der Waals surface area contributed by atoms with E-state index in [1.807, 2.05) is 13.0 Å². The molecule has 0 aromatic carbocycles. The van der Waals surface area contributed by atoms with Gasteiger partial charge >= 0.3 is 0 Å². The van der Waals surface area contributed by atoms with Crippen molar-refractivity contribution in [1.82, 2.24) is 0 Å². The molecule has 0 spiro atoms. The molecular formula is C20H28O3. The van der Waals surface area contributed by atoms with E-state index in [-0.39, 0.29) is 6.10 Å². The van der Waals surface area contributed by atoms with Gasteiger partial charge in [0.2, 0.25) is 0 Å². The van der Waals surface area contributed by atoms with E-state index in [1.54, 1.807) is 18.8 Å². The Morgan fingerprint density at radius 1 is 1.30 bits per heavy atom. The lowest BCUT2D eigenvalue weighted by Gasteiger charge is -2.16. The molecule has 0 fully saturated rings. The first-order valence-electron chi connectivity index (χ1n) is 8.37. The maximum atomic E-state index is 6.09. The van der Waals surface area contributed by atoms with Gasteiger partial charge in [0.15, 0.2) is 0 Å². The zero-order chi connectivity index (χ0) is 16.7. The summed E-state index contributed by atoms with van der Waals surface area (Å²) in [6.45, 7) is 9.39. The highest BCUT2D eigenvalue weighted by Gasteiger charge is 2.10. The molecule has 2 rings (SSSR count). The highest BCUT2D eigenvalue weighted by atomic mass is 16.5. The van der Waals surface area contributed by atoms with Crippen molar-refractivity contribution in [2.45, 2.75) is 53.1 Å². The maximum absolute atomic E-state index is 6.09. The largest absolute Gasteiger partial charge is 0.472 e. The molecule has 2 aromatic heterocycles. The van der Waals surface area contributed by atoms with E-state index in [0.29, 0.717) is 5.92 Å². The number of aryl methyl sites for hydroxylation is 1. The van der Waals surface area contributed by atoms with Gasteiger partial charge in [0.05, 0.1) is 24.9 Å². The SMILES string of the molecule is C/C(=C\[C@H](Cc1ccoc1)OCCC(C)C)Cc1cc(C)co1. The van der Waals surface area contributed by atoms with Crippen LogP contribution < -0.4 is 0 Å². The van der Waals surface area contributed by atoms with Gasteiger partial charge in [-0.15, -0.1) is 0 Å². The lowest BCUT2D eigenvalue weighted by atomic mass is 10.1. The Balaban J connectivity index is 1.97. The first-order chi connectivity index (χ1) is 11.0. The lowest BCUT2D eigenvalue weighted by molar-refractivity contribution is 0.0766. The van der Waals surface area contributed by atoms with Crippen LogP contribution in [0.25, 0.3) is 0 Å². The predicted molar refractivity (Wildman–Crippen MR) is 92.5 cm³/mol. The van der Waals surface area contributed by atoms with Crippen LogP contribution in [0.3, 0.4) is 0 Å². The van der Waals surface area contributed by atoms with Crippen molar-refractivity contribution >= 4 is 0 Å². The van der Waals surface area contributed by atoms with Crippen molar-refractivity contribution in [3.63, 3.8) is 0 Å². The summed E-state index contributed by atoms with van der Waals surface area (Å²) >= 11 is 0. The molecule has 3 nitrogen and oxygen atoms in total. The highest BCUT2D eigenvalue weighted by Crippen LogP contribution is 2.16. The van der Waals surface area contributed by atoms with Crippen molar-refractivity contribution in [3.8, 4) is 0 Å². The van der Waals surface area contributed by atoms with Gasteiger partial charge in [-0.2, -0.15) is 0 Å². The second kappa shape index (κ2) is 8.78. The molecule has 0 bridgehead atoms. The molecular weight excluding hydrogens is 288 g/mol. The van der Waals surface area contributed by atoms with Crippen LogP contribution in [-0.2, 0) is 17.6 Å². The molecule has 0 radical (unpaired) electrons. The van der Waals surface area contributed by atoms with Crippen LogP contribution in [0.2, 0.25) is 0 Å². The standard InChI is InChI=1S/C20H28O3/c1-15(2)5-8-22-20(12-18-6-7-21-14-18)10-16(3)9-19-11-17(4)13-23-19/h6-7,10-11,13-15,20H,5,8-9,12H2,1-4H3/b16-10+/t20-/m1/s1. The Kier molecular flexibility index (Phi) is 6.72. The summed E-state index contributed by atoms with van der Waals surface area (Å²) in [5, 5.41) is 0. The molecule has 0 aliphatic rings. The number of hydrogen-bond donors (Lipinski definition) is 0. The normalized spacial score (nSPS) is 13.7.